The second-order valence-electron chi connectivity index (χ2n) is 5.33. The summed E-state index contributed by atoms with van der Waals surface area (Å²) in [4.78, 5) is 12.5. The standard InChI is InChI=1S/C17H23BrN4S/c1-4-19-17(20-10-9-16-21-11-13(2)23-16)22(3)12-14-5-7-15(18)8-6-14/h5-8,11H,4,9-10,12H2,1-3H3,(H,19,20). The van der Waals surface area contributed by atoms with Gasteiger partial charge in [-0.25, -0.2) is 4.98 Å². The van der Waals surface area contributed by atoms with Crippen LogP contribution in [0.4, 0.5) is 0 Å². The SMILES string of the molecule is CCNC(=NCCc1ncc(C)s1)N(C)Cc1ccc(Br)cc1. The van der Waals surface area contributed by atoms with E-state index in [4.69, 9.17) is 4.99 Å². The molecule has 1 N–H and O–H groups in total. The van der Waals surface area contributed by atoms with Crippen LogP contribution in [0.15, 0.2) is 39.9 Å². The Kier molecular flexibility index (Phi) is 7.05. The van der Waals surface area contributed by atoms with E-state index in [9.17, 15) is 0 Å². The molecule has 0 unspecified atom stereocenters. The molecule has 2 aromatic rings. The smallest absolute Gasteiger partial charge is 0.193 e. The van der Waals surface area contributed by atoms with Crippen molar-refractivity contribution in [1.29, 1.82) is 0 Å². The van der Waals surface area contributed by atoms with Crippen LogP contribution in [-0.4, -0.2) is 36.0 Å². The number of hydrogen-bond acceptors (Lipinski definition) is 3. The van der Waals surface area contributed by atoms with E-state index in [1.165, 1.54) is 10.4 Å². The number of aromatic nitrogens is 1. The first-order valence-corrected chi connectivity index (χ1v) is 9.34. The Hall–Kier alpha value is -1.40. The van der Waals surface area contributed by atoms with E-state index in [1.54, 1.807) is 11.3 Å². The summed E-state index contributed by atoms with van der Waals surface area (Å²) in [6.45, 7) is 6.61. The molecule has 23 heavy (non-hydrogen) atoms. The molecule has 1 heterocycles. The number of rotatable bonds is 6. The van der Waals surface area contributed by atoms with Gasteiger partial charge in [0, 0.05) is 48.6 Å². The number of halogens is 1. The van der Waals surface area contributed by atoms with Gasteiger partial charge < -0.3 is 10.2 Å². The van der Waals surface area contributed by atoms with Crippen molar-refractivity contribution >= 4 is 33.2 Å². The van der Waals surface area contributed by atoms with Crippen molar-refractivity contribution in [2.75, 3.05) is 20.1 Å². The van der Waals surface area contributed by atoms with Crippen LogP contribution in [0.5, 0.6) is 0 Å². The van der Waals surface area contributed by atoms with Crippen molar-refractivity contribution in [3.05, 3.63) is 50.4 Å². The molecule has 2 rings (SSSR count). The zero-order chi connectivity index (χ0) is 16.7. The first-order valence-electron chi connectivity index (χ1n) is 7.73. The van der Waals surface area contributed by atoms with Gasteiger partial charge in [0.15, 0.2) is 5.96 Å². The van der Waals surface area contributed by atoms with Gasteiger partial charge in [0.2, 0.25) is 0 Å². The predicted molar refractivity (Wildman–Crippen MR) is 102 cm³/mol. The third kappa shape index (κ3) is 5.95. The summed E-state index contributed by atoms with van der Waals surface area (Å²) in [5.41, 5.74) is 1.26. The monoisotopic (exact) mass is 394 g/mol. The van der Waals surface area contributed by atoms with E-state index in [2.05, 4.69) is 76.3 Å². The van der Waals surface area contributed by atoms with Crippen LogP contribution in [0, 0.1) is 6.92 Å². The van der Waals surface area contributed by atoms with Gasteiger partial charge >= 0.3 is 0 Å². The molecule has 6 heteroatoms. The van der Waals surface area contributed by atoms with Crippen LogP contribution >= 0.6 is 27.3 Å². The van der Waals surface area contributed by atoms with E-state index in [0.29, 0.717) is 0 Å². The summed E-state index contributed by atoms with van der Waals surface area (Å²) >= 11 is 5.22. The second kappa shape index (κ2) is 9.03. The maximum atomic E-state index is 4.72. The van der Waals surface area contributed by atoms with E-state index >= 15 is 0 Å². The van der Waals surface area contributed by atoms with Gasteiger partial charge in [0.05, 0.1) is 5.01 Å². The zero-order valence-electron chi connectivity index (χ0n) is 13.8. The fraction of sp³-hybridized carbons (Fsp3) is 0.412. The second-order valence-corrected chi connectivity index (χ2v) is 7.57. The lowest BCUT2D eigenvalue weighted by molar-refractivity contribution is 0.477. The molecule has 0 aliphatic carbocycles. The molecule has 0 amide bonds. The molecule has 1 aromatic heterocycles. The van der Waals surface area contributed by atoms with Gasteiger partial charge in [-0.05, 0) is 31.5 Å². The van der Waals surface area contributed by atoms with Crippen LogP contribution in [0.25, 0.3) is 0 Å². The molecule has 0 fully saturated rings. The Balaban J connectivity index is 1.95. The maximum Gasteiger partial charge on any atom is 0.193 e. The van der Waals surface area contributed by atoms with Crippen molar-refractivity contribution < 1.29 is 0 Å². The Labute approximate surface area is 150 Å². The number of aryl methyl sites for hydroxylation is 1. The highest BCUT2D eigenvalue weighted by Crippen LogP contribution is 2.13. The van der Waals surface area contributed by atoms with E-state index < -0.39 is 0 Å². The van der Waals surface area contributed by atoms with Crippen LogP contribution < -0.4 is 5.32 Å². The van der Waals surface area contributed by atoms with Crippen LogP contribution in [0.1, 0.15) is 22.4 Å². The molecular formula is C17H23BrN4S. The summed E-state index contributed by atoms with van der Waals surface area (Å²) in [7, 11) is 2.07. The van der Waals surface area contributed by atoms with Crippen LogP contribution in [-0.2, 0) is 13.0 Å². The highest BCUT2D eigenvalue weighted by Gasteiger charge is 2.07. The van der Waals surface area contributed by atoms with Crippen molar-refractivity contribution in [3.8, 4) is 0 Å². The molecule has 4 nitrogen and oxygen atoms in total. The Morgan fingerprint density at radius 2 is 2.09 bits per heavy atom. The van der Waals surface area contributed by atoms with Crippen LogP contribution in [0.3, 0.4) is 0 Å². The number of benzene rings is 1. The molecular weight excluding hydrogens is 372 g/mol. The van der Waals surface area contributed by atoms with Crippen molar-refractivity contribution in [2.24, 2.45) is 4.99 Å². The molecule has 0 spiro atoms. The first-order chi connectivity index (χ1) is 11.1. The van der Waals surface area contributed by atoms with Gasteiger partial charge in [0.1, 0.15) is 0 Å². The fourth-order valence-corrected chi connectivity index (χ4v) is 3.22. The highest BCUT2D eigenvalue weighted by atomic mass is 79.9. The summed E-state index contributed by atoms with van der Waals surface area (Å²) < 4.78 is 1.10. The molecule has 0 aliphatic rings. The molecule has 0 atom stereocenters. The van der Waals surface area contributed by atoms with E-state index in [1.807, 2.05) is 6.20 Å². The average Bonchev–Trinajstić information content (AvgIpc) is 2.94. The van der Waals surface area contributed by atoms with Crippen molar-refractivity contribution in [1.82, 2.24) is 15.2 Å². The number of thiazole rings is 1. The Morgan fingerprint density at radius 1 is 1.35 bits per heavy atom. The third-order valence-corrected chi connectivity index (χ3v) is 4.79. The van der Waals surface area contributed by atoms with Gasteiger partial charge in [-0.3, -0.25) is 4.99 Å². The molecule has 124 valence electrons. The van der Waals surface area contributed by atoms with E-state index in [-0.39, 0.29) is 0 Å². The number of aliphatic imine (C=N–C) groups is 1. The minimum atomic E-state index is 0.750. The van der Waals surface area contributed by atoms with Gasteiger partial charge in [-0.1, -0.05) is 28.1 Å². The maximum absolute atomic E-state index is 4.72. The minimum Gasteiger partial charge on any atom is -0.357 e. The summed E-state index contributed by atoms with van der Waals surface area (Å²) in [6, 6.07) is 8.39. The molecule has 0 radical (unpaired) electrons. The number of hydrogen-bond donors (Lipinski definition) is 1. The van der Waals surface area contributed by atoms with Crippen molar-refractivity contribution in [3.63, 3.8) is 0 Å². The molecule has 0 saturated carbocycles. The predicted octanol–water partition coefficient (Wildman–Crippen LogP) is 3.85. The van der Waals surface area contributed by atoms with Crippen LogP contribution in [0.2, 0.25) is 0 Å². The highest BCUT2D eigenvalue weighted by molar-refractivity contribution is 9.10. The molecule has 0 bridgehead atoms. The minimum absolute atomic E-state index is 0.750. The molecule has 1 aromatic carbocycles. The topological polar surface area (TPSA) is 40.5 Å². The lowest BCUT2D eigenvalue weighted by Gasteiger charge is -2.22. The Bertz CT molecular complexity index is 636. The van der Waals surface area contributed by atoms with Gasteiger partial charge in [-0.15, -0.1) is 11.3 Å². The number of nitrogens with zero attached hydrogens (tertiary/aromatic N) is 3. The van der Waals surface area contributed by atoms with Gasteiger partial charge in [-0.2, -0.15) is 0 Å². The molecule has 0 aliphatic heterocycles. The zero-order valence-corrected chi connectivity index (χ0v) is 16.2. The third-order valence-electron chi connectivity index (χ3n) is 3.29. The van der Waals surface area contributed by atoms with Crippen molar-refractivity contribution in [2.45, 2.75) is 26.8 Å². The quantitative estimate of drug-likeness (QED) is 0.597. The largest absolute Gasteiger partial charge is 0.357 e. The number of nitrogens with one attached hydrogen (secondary N) is 1. The number of guanidine groups is 1. The lowest BCUT2D eigenvalue weighted by Crippen LogP contribution is -2.38. The fourth-order valence-electron chi connectivity index (χ4n) is 2.18. The lowest BCUT2D eigenvalue weighted by atomic mass is 10.2. The first kappa shape index (κ1) is 17.9. The molecule has 0 saturated heterocycles. The van der Waals surface area contributed by atoms with E-state index in [0.717, 1.165) is 41.5 Å². The summed E-state index contributed by atoms with van der Waals surface area (Å²) in [5, 5.41) is 4.51. The Morgan fingerprint density at radius 3 is 2.70 bits per heavy atom. The summed E-state index contributed by atoms with van der Waals surface area (Å²) in [6.07, 6.45) is 2.81. The normalized spacial score (nSPS) is 11.6. The summed E-state index contributed by atoms with van der Waals surface area (Å²) in [5.74, 6) is 0.934. The van der Waals surface area contributed by atoms with Gasteiger partial charge in [0.25, 0.3) is 0 Å². The average molecular weight is 395 g/mol.